The molecule has 0 spiro atoms. The Hall–Kier alpha value is -4.34. The number of carbonyl (C=O) groups excluding carboxylic acids is 2. The Morgan fingerprint density at radius 3 is 2.46 bits per heavy atom. The lowest BCUT2D eigenvalue weighted by Gasteiger charge is -2.29. The van der Waals surface area contributed by atoms with Gasteiger partial charge in [-0.25, -0.2) is 0 Å². The van der Waals surface area contributed by atoms with Crippen molar-refractivity contribution in [1.29, 1.82) is 0 Å². The van der Waals surface area contributed by atoms with Crippen molar-refractivity contribution in [3.8, 4) is 11.5 Å². The van der Waals surface area contributed by atoms with Crippen LogP contribution < -0.4 is 14.9 Å². The number of halogens is 1. The molecule has 4 aromatic rings. The van der Waals surface area contributed by atoms with E-state index in [-0.39, 0.29) is 61.7 Å². The van der Waals surface area contributed by atoms with Crippen LogP contribution in [0.5, 0.6) is 11.5 Å². The molecule has 0 N–H and O–H groups in total. The zero-order valence-electron chi connectivity index (χ0n) is 26.2. The molecule has 2 aliphatic rings. The topological polar surface area (TPSA) is 98.5 Å². The smallest absolute Gasteiger partial charge is 0.254 e. The third-order valence-electron chi connectivity index (χ3n) is 8.39. The summed E-state index contributed by atoms with van der Waals surface area (Å²) in [6, 6.07) is 17.8. The molecule has 240 valence electrons. The van der Waals surface area contributed by atoms with E-state index in [0.29, 0.717) is 45.2 Å². The van der Waals surface area contributed by atoms with Crippen molar-refractivity contribution in [3.63, 3.8) is 0 Å². The Labute approximate surface area is 272 Å². The fraction of sp³-hybridized carbons (Fsp3) is 0.361. The number of carbonyl (C=O) groups is 2. The van der Waals surface area contributed by atoms with Gasteiger partial charge in [0.15, 0.2) is 16.9 Å². The number of amides is 2. The second kappa shape index (κ2) is 13.2. The van der Waals surface area contributed by atoms with Gasteiger partial charge in [-0.2, -0.15) is 0 Å². The standard InChI is InChI=1S/C36H37ClN2O7/c1-36(2,3)26-9-7-24(8-10-26)35(42)39(19-28-5-4-14-43-28)20-33(40)38(17-23-6-12-31-32(15-23)46-22-45-31)18-25-21-44-30-13-11-27(37)16-29(30)34(25)41/h6-13,15-16,21,28H,4-5,14,17-20,22H2,1-3H3/t28-/m0/s1. The zero-order valence-corrected chi connectivity index (χ0v) is 27.0. The van der Waals surface area contributed by atoms with Gasteiger partial charge in [-0.15, -0.1) is 0 Å². The van der Waals surface area contributed by atoms with Gasteiger partial charge in [0, 0.05) is 30.3 Å². The third kappa shape index (κ3) is 7.06. The van der Waals surface area contributed by atoms with Gasteiger partial charge < -0.3 is 28.4 Å². The zero-order chi connectivity index (χ0) is 32.4. The van der Waals surface area contributed by atoms with Crippen LogP contribution in [-0.2, 0) is 28.0 Å². The van der Waals surface area contributed by atoms with E-state index in [9.17, 15) is 14.4 Å². The Kier molecular flexibility index (Phi) is 9.06. The fourth-order valence-corrected chi connectivity index (χ4v) is 5.93. The summed E-state index contributed by atoms with van der Waals surface area (Å²) < 4.78 is 22.6. The Morgan fingerprint density at radius 2 is 1.72 bits per heavy atom. The van der Waals surface area contributed by atoms with Crippen LogP contribution in [-0.4, -0.2) is 54.2 Å². The van der Waals surface area contributed by atoms with Crippen LogP contribution >= 0.6 is 11.6 Å². The van der Waals surface area contributed by atoms with Crippen LogP contribution in [0.4, 0.5) is 0 Å². The average molecular weight is 645 g/mol. The molecule has 3 heterocycles. The molecular formula is C36H37ClN2O7. The normalized spacial score (nSPS) is 15.7. The molecule has 1 saturated heterocycles. The van der Waals surface area contributed by atoms with Crippen molar-refractivity contribution in [2.24, 2.45) is 0 Å². The number of ether oxygens (including phenoxy) is 3. The van der Waals surface area contributed by atoms with Gasteiger partial charge in [0.1, 0.15) is 12.1 Å². The molecule has 0 bridgehead atoms. The molecule has 6 rings (SSSR count). The molecule has 2 aliphatic heterocycles. The first-order chi connectivity index (χ1) is 22.0. The fourth-order valence-electron chi connectivity index (χ4n) is 5.76. The maximum Gasteiger partial charge on any atom is 0.254 e. The van der Waals surface area contributed by atoms with Crippen molar-refractivity contribution in [1.82, 2.24) is 9.80 Å². The predicted molar refractivity (Wildman–Crippen MR) is 174 cm³/mol. The van der Waals surface area contributed by atoms with Gasteiger partial charge in [-0.05, 0) is 71.8 Å². The van der Waals surface area contributed by atoms with Crippen molar-refractivity contribution in [2.75, 3.05) is 26.5 Å². The van der Waals surface area contributed by atoms with Gasteiger partial charge in [0.05, 0.1) is 29.9 Å². The second-order valence-corrected chi connectivity index (χ2v) is 13.3. The predicted octanol–water partition coefficient (Wildman–Crippen LogP) is 6.32. The van der Waals surface area contributed by atoms with E-state index in [0.717, 1.165) is 24.0 Å². The maximum atomic E-state index is 14.2. The minimum absolute atomic E-state index is 0.0414. The molecule has 3 aromatic carbocycles. The first-order valence-corrected chi connectivity index (χ1v) is 15.8. The number of hydrogen-bond acceptors (Lipinski definition) is 7. The first-order valence-electron chi connectivity index (χ1n) is 15.4. The molecule has 9 nitrogen and oxygen atoms in total. The van der Waals surface area contributed by atoms with E-state index >= 15 is 0 Å². The summed E-state index contributed by atoms with van der Waals surface area (Å²) in [6.07, 6.45) is 2.93. The summed E-state index contributed by atoms with van der Waals surface area (Å²) >= 11 is 6.18. The largest absolute Gasteiger partial charge is 0.464 e. The molecule has 10 heteroatoms. The minimum Gasteiger partial charge on any atom is -0.464 e. The number of nitrogens with zero attached hydrogens (tertiary/aromatic N) is 2. The Bertz CT molecular complexity index is 1810. The summed E-state index contributed by atoms with van der Waals surface area (Å²) in [6.45, 7) is 7.29. The van der Waals surface area contributed by atoms with Crippen molar-refractivity contribution in [3.05, 3.63) is 104 Å². The van der Waals surface area contributed by atoms with E-state index in [1.807, 2.05) is 36.4 Å². The van der Waals surface area contributed by atoms with E-state index in [2.05, 4.69) is 20.8 Å². The molecule has 2 amide bonds. The van der Waals surface area contributed by atoms with Gasteiger partial charge >= 0.3 is 0 Å². The summed E-state index contributed by atoms with van der Waals surface area (Å²) in [5.41, 5.74) is 2.73. The monoisotopic (exact) mass is 644 g/mol. The molecular weight excluding hydrogens is 608 g/mol. The Balaban J connectivity index is 1.30. The number of rotatable bonds is 9. The summed E-state index contributed by atoms with van der Waals surface area (Å²) in [5.74, 6) is 0.617. The lowest BCUT2D eigenvalue weighted by molar-refractivity contribution is -0.133. The van der Waals surface area contributed by atoms with Crippen molar-refractivity contribution >= 4 is 34.4 Å². The van der Waals surface area contributed by atoms with Gasteiger partial charge in [-0.1, -0.05) is 50.6 Å². The SMILES string of the molecule is CC(C)(C)c1ccc(C(=O)N(CC(=O)N(Cc2ccc3c(c2)OCO3)Cc2coc3ccc(Cl)cc3c2=O)C[C@@H]2CCCO2)cc1. The van der Waals surface area contributed by atoms with Crippen molar-refractivity contribution < 1.29 is 28.2 Å². The molecule has 46 heavy (non-hydrogen) atoms. The van der Waals surface area contributed by atoms with Crippen LogP contribution in [0.2, 0.25) is 5.02 Å². The third-order valence-corrected chi connectivity index (χ3v) is 8.62. The minimum atomic E-state index is -0.332. The molecule has 0 aliphatic carbocycles. The summed E-state index contributed by atoms with van der Waals surface area (Å²) in [7, 11) is 0. The quantitative estimate of drug-likeness (QED) is 0.210. The molecule has 1 fully saturated rings. The highest BCUT2D eigenvalue weighted by Gasteiger charge is 2.28. The van der Waals surface area contributed by atoms with E-state index < -0.39 is 0 Å². The lowest BCUT2D eigenvalue weighted by atomic mass is 9.86. The van der Waals surface area contributed by atoms with Gasteiger partial charge in [0.2, 0.25) is 12.7 Å². The van der Waals surface area contributed by atoms with Crippen molar-refractivity contribution in [2.45, 2.75) is 58.2 Å². The summed E-state index contributed by atoms with van der Waals surface area (Å²) in [4.78, 5) is 44.7. The highest BCUT2D eigenvalue weighted by molar-refractivity contribution is 6.31. The number of fused-ring (bicyclic) bond motifs is 2. The highest BCUT2D eigenvalue weighted by atomic mass is 35.5. The first kappa shape index (κ1) is 31.6. The van der Waals surface area contributed by atoms with E-state index in [1.165, 1.54) is 6.26 Å². The summed E-state index contributed by atoms with van der Waals surface area (Å²) in [5, 5.41) is 0.735. The van der Waals surface area contributed by atoms with Crippen LogP contribution in [0.15, 0.2) is 76.1 Å². The molecule has 0 radical (unpaired) electrons. The molecule has 1 aromatic heterocycles. The number of benzene rings is 3. The Morgan fingerprint density at radius 1 is 0.935 bits per heavy atom. The van der Waals surface area contributed by atoms with Crippen LogP contribution in [0.3, 0.4) is 0 Å². The molecule has 1 atom stereocenters. The van der Waals surface area contributed by atoms with Gasteiger partial charge in [0.25, 0.3) is 5.91 Å². The highest BCUT2D eigenvalue weighted by Crippen LogP contribution is 2.33. The number of hydrogen-bond donors (Lipinski definition) is 0. The molecule has 0 unspecified atom stereocenters. The van der Waals surface area contributed by atoms with E-state index in [1.54, 1.807) is 34.1 Å². The second-order valence-electron chi connectivity index (χ2n) is 12.8. The van der Waals surface area contributed by atoms with E-state index in [4.69, 9.17) is 30.2 Å². The maximum absolute atomic E-state index is 14.2. The van der Waals surface area contributed by atoms with Gasteiger partial charge in [-0.3, -0.25) is 14.4 Å². The lowest BCUT2D eigenvalue weighted by Crippen LogP contribution is -2.45. The van der Waals surface area contributed by atoms with Crippen LogP contribution in [0, 0.1) is 0 Å². The average Bonchev–Trinajstić information content (AvgIpc) is 3.73. The van der Waals surface area contributed by atoms with Crippen LogP contribution in [0.1, 0.15) is 60.7 Å². The van der Waals surface area contributed by atoms with Crippen LogP contribution in [0.25, 0.3) is 11.0 Å². The molecule has 0 saturated carbocycles.